The van der Waals surface area contributed by atoms with Gasteiger partial charge in [-0.1, -0.05) is 18.2 Å². The SMILES string of the molecule is CS(=O)c1ccc(NC(=O)C2CSc3ccccc32)cc1. The largest absolute Gasteiger partial charge is 0.326 e. The van der Waals surface area contributed by atoms with Crippen LogP contribution < -0.4 is 5.32 Å². The fourth-order valence-corrected chi connectivity index (χ4v) is 4.09. The van der Waals surface area contributed by atoms with Gasteiger partial charge in [-0.25, -0.2) is 0 Å². The van der Waals surface area contributed by atoms with Crippen LogP contribution >= 0.6 is 11.8 Å². The van der Waals surface area contributed by atoms with Crippen molar-refractivity contribution in [2.24, 2.45) is 0 Å². The summed E-state index contributed by atoms with van der Waals surface area (Å²) < 4.78 is 11.3. The van der Waals surface area contributed by atoms with E-state index in [9.17, 15) is 9.00 Å². The van der Waals surface area contributed by atoms with Crippen LogP contribution in [-0.4, -0.2) is 22.1 Å². The van der Waals surface area contributed by atoms with Crippen LogP contribution in [-0.2, 0) is 15.6 Å². The van der Waals surface area contributed by atoms with E-state index in [1.165, 1.54) is 4.90 Å². The van der Waals surface area contributed by atoms with E-state index in [0.29, 0.717) is 0 Å². The number of amides is 1. The summed E-state index contributed by atoms with van der Waals surface area (Å²) in [6.45, 7) is 0. The van der Waals surface area contributed by atoms with Gasteiger partial charge in [-0.15, -0.1) is 11.8 Å². The van der Waals surface area contributed by atoms with Crippen LogP contribution in [0.1, 0.15) is 11.5 Å². The Bertz CT molecular complexity index is 698. The fraction of sp³-hybridized carbons (Fsp3) is 0.188. The third kappa shape index (κ3) is 3.04. The number of rotatable bonds is 3. The predicted molar refractivity (Wildman–Crippen MR) is 87.3 cm³/mol. The molecule has 2 aromatic carbocycles. The number of thioether (sulfide) groups is 1. The van der Waals surface area contributed by atoms with Crippen molar-refractivity contribution >= 4 is 34.2 Å². The molecule has 0 aliphatic carbocycles. The molecule has 1 aliphatic heterocycles. The molecular weight excluding hydrogens is 302 g/mol. The monoisotopic (exact) mass is 317 g/mol. The molecule has 1 aliphatic rings. The van der Waals surface area contributed by atoms with E-state index in [2.05, 4.69) is 11.4 Å². The van der Waals surface area contributed by atoms with E-state index < -0.39 is 10.8 Å². The summed E-state index contributed by atoms with van der Waals surface area (Å²) in [5.41, 5.74) is 1.84. The highest BCUT2D eigenvalue weighted by Gasteiger charge is 2.28. The third-order valence-corrected chi connectivity index (χ3v) is 5.59. The van der Waals surface area contributed by atoms with Crippen LogP contribution in [0, 0.1) is 0 Å². The normalized spacial score (nSPS) is 18.0. The molecule has 1 N–H and O–H groups in total. The summed E-state index contributed by atoms with van der Waals surface area (Å²) in [7, 11) is -0.998. The first-order chi connectivity index (χ1) is 10.1. The number of fused-ring (bicyclic) bond motifs is 1. The van der Waals surface area contributed by atoms with E-state index in [0.717, 1.165) is 21.9 Å². The number of anilines is 1. The lowest BCUT2D eigenvalue weighted by molar-refractivity contribution is -0.117. The topological polar surface area (TPSA) is 46.2 Å². The Balaban J connectivity index is 1.74. The third-order valence-electron chi connectivity index (χ3n) is 3.47. The van der Waals surface area contributed by atoms with Crippen LogP contribution in [0.15, 0.2) is 58.3 Å². The highest BCUT2D eigenvalue weighted by Crippen LogP contribution is 2.39. The average Bonchev–Trinajstić information content (AvgIpc) is 2.92. The Hall–Kier alpha value is -1.59. The first-order valence-electron chi connectivity index (χ1n) is 6.61. The maximum Gasteiger partial charge on any atom is 0.232 e. The summed E-state index contributed by atoms with van der Waals surface area (Å²) in [6.07, 6.45) is 1.64. The van der Waals surface area contributed by atoms with Crippen molar-refractivity contribution in [2.45, 2.75) is 15.7 Å². The Morgan fingerprint density at radius 3 is 2.62 bits per heavy atom. The minimum atomic E-state index is -0.998. The number of hydrogen-bond acceptors (Lipinski definition) is 3. The standard InChI is InChI=1S/C16H15NO2S2/c1-21(19)12-8-6-11(7-9-12)17-16(18)14-10-20-15-5-3-2-4-13(14)15/h2-9,14H,10H2,1H3,(H,17,18). The summed E-state index contributed by atoms with van der Waals surface area (Å²) in [6, 6.07) is 15.2. The molecule has 0 spiro atoms. The smallest absolute Gasteiger partial charge is 0.232 e. The second kappa shape index (κ2) is 6.03. The average molecular weight is 317 g/mol. The molecule has 5 heteroatoms. The van der Waals surface area contributed by atoms with Crippen molar-refractivity contribution in [2.75, 3.05) is 17.3 Å². The van der Waals surface area contributed by atoms with Gasteiger partial charge >= 0.3 is 0 Å². The zero-order valence-corrected chi connectivity index (χ0v) is 13.2. The van der Waals surface area contributed by atoms with Gasteiger partial charge in [0.2, 0.25) is 5.91 Å². The van der Waals surface area contributed by atoms with Crippen molar-refractivity contribution in [3.8, 4) is 0 Å². The van der Waals surface area contributed by atoms with Crippen LogP contribution in [0.4, 0.5) is 5.69 Å². The van der Waals surface area contributed by atoms with Crippen molar-refractivity contribution in [3.63, 3.8) is 0 Å². The number of benzene rings is 2. The Morgan fingerprint density at radius 2 is 1.90 bits per heavy atom. The number of carbonyl (C=O) groups is 1. The van der Waals surface area contributed by atoms with Crippen LogP contribution in [0.3, 0.4) is 0 Å². The molecule has 3 rings (SSSR count). The molecule has 0 radical (unpaired) electrons. The van der Waals surface area contributed by atoms with E-state index >= 15 is 0 Å². The molecule has 0 saturated carbocycles. The molecule has 2 atom stereocenters. The fourth-order valence-electron chi connectivity index (χ4n) is 2.34. The lowest BCUT2D eigenvalue weighted by Crippen LogP contribution is -2.20. The molecule has 2 aromatic rings. The zero-order chi connectivity index (χ0) is 14.8. The minimum Gasteiger partial charge on any atom is -0.326 e. The zero-order valence-electron chi connectivity index (χ0n) is 11.5. The lowest BCUT2D eigenvalue weighted by atomic mass is 10.0. The van der Waals surface area contributed by atoms with E-state index in [-0.39, 0.29) is 11.8 Å². The van der Waals surface area contributed by atoms with Gasteiger partial charge in [0.25, 0.3) is 0 Å². The van der Waals surface area contributed by atoms with E-state index in [4.69, 9.17) is 0 Å². The van der Waals surface area contributed by atoms with Gasteiger partial charge in [-0.2, -0.15) is 0 Å². The summed E-state index contributed by atoms with van der Waals surface area (Å²) in [4.78, 5) is 14.4. The summed E-state index contributed by atoms with van der Waals surface area (Å²) in [5, 5.41) is 2.94. The summed E-state index contributed by atoms with van der Waals surface area (Å²) >= 11 is 1.72. The number of nitrogens with one attached hydrogen (secondary N) is 1. The van der Waals surface area contributed by atoms with Crippen LogP contribution in [0.2, 0.25) is 0 Å². The van der Waals surface area contributed by atoms with E-state index in [1.54, 1.807) is 42.3 Å². The Kier molecular flexibility index (Phi) is 4.12. The molecule has 21 heavy (non-hydrogen) atoms. The van der Waals surface area contributed by atoms with Gasteiger partial charge in [0.05, 0.1) is 5.92 Å². The van der Waals surface area contributed by atoms with Gasteiger partial charge in [-0.05, 0) is 35.9 Å². The first-order valence-corrected chi connectivity index (χ1v) is 9.15. The van der Waals surface area contributed by atoms with Crippen molar-refractivity contribution in [1.29, 1.82) is 0 Å². The second-order valence-electron chi connectivity index (χ2n) is 4.87. The molecular formula is C16H15NO2S2. The lowest BCUT2D eigenvalue weighted by Gasteiger charge is -2.11. The Labute approximate surface area is 130 Å². The first kappa shape index (κ1) is 14.4. The molecule has 1 amide bonds. The maximum atomic E-state index is 12.4. The molecule has 0 aromatic heterocycles. The van der Waals surface area contributed by atoms with Crippen molar-refractivity contribution < 1.29 is 9.00 Å². The Morgan fingerprint density at radius 1 is 1.19 bits per heavy atom. The predicted octanol–water partition coefficient (Wildman–Crippen LogP) is 3.25. The highest BCUT2D eigenvalue weighted by molar-refractivity contribution is 7.99. The van der Waals surface area contributed by atoms with Crippen LogP contribution in [0.25, 0.3) is 0 Å². The maximum absolute atomic E-state index is 12.4. The van der Waals surface area contributed by atoms with Gasteiger partial charge in [0.1, 0.15) is 0 Å². The van der Waals surface area contributed by atoms with Gasteiger partial charge in [0.15, 0.2) is 0 Å². The van der Waals surface area contributed by atoms with Gasteiger partial charge in [0, 0.05) is 38.3 Å². The van der Waals surface area contributed by atoms with Gasteiger partial charge in [-0.3, -0.25) is 9.00 Å². The molecule has 3 nitrogen and oxygen atoms in total. The van der Waals surface area contributed by atoms with Crippen LogP contribution in [0.5, 0.6) is 0 Å². The molecule has 0 bridgehead atoms. The molecule has 0 fully saturated rings. The number of hydrogen-bond donors (Lipinski definition) is 1. The quantitative estimate of drug-likeness (QED) is 0.945. The molecule has 1 heterocycles. The van der Waals surface area contributed by atoms with Crippen molar-refractivity contribution in [3.05, 3.63) is 54.1 Å². The number of carbonyl (C=O) groups excluding carboxylic acids is 1. The molecule has 108 valence electrons. The van der Waals surface area contributed by atoms with E-state index in [1.807, 2.05) is 18.2 Å². The minimum absolute atomic E-state index is 0.0119. The second-order valence-corrected chi connectivity index (χ2v) is 7.31. The highest BCUT2D eigenvalue weighted by atomic mass is 32.2. The molecule has 0 saturated heterocycles. The van der Waals surface area contributed by atoms with Gasteiger partial charge < -0.3 is 5.32 Å². The van der Waals surface area contributed by atoms with Crippen molar-refractivity contribution in [1.82, 2.24) is 0 Å². The summed E-state index contributed by atoms with van der Waals surface area (Å²) in [5.74, 6) is 0.686. The molecule has 2 unspecified atom stereocenters.